The van der Waals surface area contributed by atoms with Gasteiger partial charge in [0.2, 0.25) is 0 Å². The van der Waals surface area contributed by atoms with Gasteiger partial charge in [-0.3, -0.25) is 0 Å². The molecular formula is C5H15O5P2+. The predicted octanol–water partition coefficient (Wildman–Crippen LogP) is 1.15. The molecule has 74 valence electrons. The molecule has 0 fully saturated rings. The van der Waals surface area contributed by atoms with Gasteiger partial charge in [0, 0.05) is 0 Å². The molecule has 0 aromatic heterocycles. The molecule has 0 rings (SSSR count). The predicted molar refractivity (Wildman–Crippen MR) is 48.2 cm³/mol. The molecule has 4 N–H and O–H groups in total. The standard InChI is InChI=1S/C5H15O5P2/c1-2-3-4-5-12(8,9)10-11(6)7/h6-9H,2-5H2,1H3/q+1. The van der Waals surface area contributed by atoms with E-state index in [1.54, 1.807) is 0 Å². The maximum atomic E-state index is 9.05. The van der Waals surface area contributed by atoms with Crippen molar-refractivity contribution in [3.63, 3.8) is 0 Å². The minimum atomic E-state index is -3.50. The molecule has 0 aromatic rings. The summed E-state index contributed by atoms with van der Waals surface area (Å²) in [5.74, 6) is 0. The molecule has 0 radical (unpaired) electrons. The fourth-order valence-corrected chi connectivity index (χ4v) is 2.62. The highest BCUT2D eigenvalue weighted by atomic mass is 31.3. The van der Waals surface area contributed by atoms with Crippen molar-refractivity contribution in [1.29, 1.82) is 0 Å². The summed E-state index contributed by atoms with van der Waals surface area (Å²) in [6.45, 7) is 1.99. The second kappa shape index (κ2) is 6.17. The average molecular weight is 217 g/mol. The molecule has 0 atom stereocenters. The van der Waals surface area contributed by atoms with E-state index in [4.69, 9.17) is 19.6 Å². The lowest BCUT2D eigenvalue weighted by molar-refractivity contribution is 0.299. The van der Waals surface area contributed by atoms with Crippen molar-refractivity contribution in [2.24, 2.45) is 0 Å². The Hall–Kier alpha value is 0.660. The van der Waals surface area contributed by atoms with Crippen LogP contribution in [0.3, 0.4) is 0 Å². The molecule has 0 amide bonds. The Morgan fingerprint density at radius 3 is 2.25 bits per heavy atom. The Morgan fingerprint density at radius 1 is 1.25 bits per heavy atom. The Morgan fingerprint density at radius 2 is 1.83 bits per heavy atom. The van der Waals surface area contributed by atoms with Crippen LogP contribution in [0.15, 0.2) is 0 Å². The molecule has 7 heteroatoms. The fourth-order valence-electron chi connectivity index (χ4n) is 0.726. The molecule has 0 aliphatic rings. The second-order valence-corrected chi connectivity index (χ2v) is 5.37. The van der Waals surface area contributed by atoms with Gasteiger partial charge in [-0.25, -0.2) is 0 Å². The molecule has 0 saturated carbocycles. The van der Waals surface area contributed by atoms with Gasteiger partial charge in [0.15, 0.2) is 0 Å². The summed E-state index contributed by atoms with van der Waals surface area (Å²) < 4.78 is 4.18. The van der Waals surface area contributed by atoms with E-state index in [1.165, 1.54) is 0 Å². The smallest absolute Gasteiger partial charge is 0.326 e. The number of rotatable bonds is 6. The van der Waals surface area contributed by atoms with E-state index >= 15 is 0 Å². The van der Waals surface area contributed by atoms with Gasteiger partial charge in [-0.1, -0.05) is 17.7 Å². The van der Waals surface area contributed by atoms with Gasteiger partial charge in [0.25, 0.3) is 0 Å². The highest BCUT2D eigenvalue weighted by Crippen LogP contribution is 2.59. The van der Waals surface area contributed by atoms with Gasteiger partial charge < -0.3 is 9.79 Å². The van der Waals surface area contributed by atoms with E-state index in [-0.39, 0.29) is 6.16 Å². The normalized spacial score (nSPS) is 12.5. The first-order chi connectivity index (χ1) is 5.48. The van der Waals surface area contributed by atoms with Crippen LogP contribution in [0.4, 0.5) is 0 Å². The molecule has 12 heavy (non-hydrogen) atoms. The third kappa shape index (κ3) is 7.32. The van der Waals surface area contributed by atoms with Crippen LogP contribution in [0.2, 0.25) is 0 Å². The summed E-state index contributed by atoms with van der Waals surface area (Å²) in [4.78, 5) is 34.8. The molecule has 0 saturated heterocycles. The number of unbranched alkanes of at least 4 members (excludes halogenated alkanes) is 2. The van der Waals surface area contributed by atoms with Crippen molar-refractivity contribution >= 4 is 16.5 Å². The molecule has 0 aliphatic carbocycles. The maximum Gasteiger partial charge on any atom is 0.415 e. The summed E-state index contributed by atoms with van der Waals surface area (Å²) in [6, 6.07) is 0. The van der Waals surface area contributed by atoms with Crippen LogP contribution in [-0.2, 0) is 4.31 Å². The SMILES string of the molecule is CCCCC[P+](O)(O)OP(O)O. The van der Waals surface area contributed by atoms with Crippen LogP contribution in [-0.4, -0.2) is 25.7 Å². The van der Waals surface area contributed by atoms with E-state index in [2.05, 4.69) is 4.31 Å². The van der Waals surface area contributed by atoms with Crippen LogP contribution >= 0.6 is 16.5 Å². The van der Waals surface area contributed by atoms with Crippen molar-refractivity contribution in [2.45, 2.75) is 26.2 Å². The number of hydrogen-bond acceptors (Lipinski definition) is 5. The molecule has 0 heterocycles. The lowest BCUT2D eigenvalue weighted by Crippen LogP contribution is -1.98. The zero-order valence-electron chi connectivity index (χ0n) is 6.92. The largest absolute Gasteiger partial charge is 0.415 e. The molecule has 0 aliphatic heterocycles. The van der Waals surface area contributed by atoms with Gasteiger partial charge in [-0.15, -0.1) is 0 Å². The Balaban J connectivity index is 3.56. The summed E-state index contributed by atoms with van der Waals surface area (Å²) in [5.41, 5.74) is 0. The Labute approximate surface area is 73.6 Å². The first kappa shape index (κ1) is 12.7. The van der Waals surface area contributed by atoms with E-state index in [0.717, 1.165) is 12.8 Å². The lowest BCUT2D eigenvalue weighted by Gasteiger charge is -2.09. The molecule has 0 bridgehead atoms. The van der Waals surface area contributed by atoms with Crippen molar-refractivity contribution in [1.82, 2.24) is 0 Å². The minimum Gasteiger partial charge on any atom is -0.326 e. The Bertz CT molecular complexity index is 118. The summed E-state index contributed by atoms with van der Waals surface area (Å²) in [5, 5.41) is 0. The van der Waals surface area contributed by atoms with Crippen LogP contribution in [0.5, 0.6) is 0 Å². The first-order valence-corrected chi connectivity index (χ1v) is 6.65. The molecule has 0 spiro atoms. The van der Waals surface area contributed by atoms with Crippen molar-refractivity contribution in [3.8, 4) is 0 Å². The van der Waals surface area contributed by atoms with E-state index in [0.29, 0.717) is 6.42 Å². The van der Waals surface area contributed by atoms with Crippen molar-refractivity contribution in [2.75, 3.05) is 6.16 Å². The van der Waals surface area contributed by atoms with Crippen LogP contribution in [0, 0.1) is 0 Å². The average Bonchev–Trinajstić information content (AvgIpc) is 1.84. The lowest BCUT2D eigenvalue weighted by atomic mass is 10.3. The van der Waals surface area contributed by atoms with Gasteiger partial charge in [0.05, 0.1) is 0 Å². The molecule has 0 aromatic carbocycles. The third-order valence-electron chi connectivity index (χ3n) is 1.26. The van der Waals surface area contributed by atoms with Crippen LogP contribution in [0.1, 0.15) is 26.2 Å². The zero-order valence-corrected chi connectivity index (χ0v) is 8.71. The monoisotopic (exact) mass is 217 g/mol. The maximum absolute atomic E-state index is 9.05. The van der Waals surface area contributed by atoms with E-state index in [1.807, 2.05) is 6.92 Å². The van der Waals surface area contributed by atoms with E-state index < -0.39 is 16.5 Å². The molecule has 0 unspecified atom stereocenters. The second-order valence-electron chi connectivity index (χ2n) is 2.43. The third-order valence-corrected chi connectivity index (χ3v) is 3.79. The minimum absolute atomic E-state index is 0.0980. The summed E-state index contributed by atoms with van der Waals surface area (Å²) >= 11 is 0. The topological polar surface area (TPSA) is 90.2 Å². The molecule has 5 nitrogen and oxygen atoms in total. The number of hydrogen-bond donors (Lipinski definition) is 4. The van der Waals surface area contributed by atoms with Gasteiger partial charge in [0.1, 0.15) is 6.16 Å². The first-order valence-electron chi connectivity index (χ1n) is 3.69. The van der Waals surface area contributed by atoms with Crippen LogP contribution < -0.4 is 0 Å². The quantitative estimate of drug-likeness (QED) is 0.396. The molecular weight excluding hydrogens is 202 g/mol. The summed E-state index contributed by atoms with van der Waals surface area (Å²) in [7, 11) is -6.16. The highest BCUT2D eigenvalue weighted by Gasteiger charge is 2.38. The highest BCUT2D eigenvalue weighted by molar-refractivity contribution is 7.66. The van der Waals surface area contributed by atoms with Gasteiger partial charge >= 0.3 is 16.5 Å². The van der Waals surface area contributed by atoms with Crippen molar-refractivity contribution in [3.05, 3.63) is 0 Å². The van der Waals surface area contributed by atoms with Crippen molar-refractivity contribution < 1.29 is 23.9 Å². The Kier molecular flexibility index (Phi) is 6.50. The fraction of sp³-hybridized carbons (Fsp3) is 1.00. The van der Waals surface area contributed by atoms with Gasteiger partial charge in [-0.2, -0.15) is 9.79 Å². The summed E-state index contributed by atoms with van der Waals surface area (Å²) in [6.07, 6.45) is 2.56. The zero-order chi connectivity index (χ0) is 9.61. The van der Waals surface area contributed by atoms with Gasteiger partial charge in [-0.05, 0) is 12.8 Å². The van der Waals surface area contributed by atoms with Crippen LogP contribution in [0.25, 0.3) is 0 Å². The van der Waals surface area contributed by atoms with E-state index in [9.17, 15) is 0 Å².